The van der Waals surface area contributed by atoms with E-state index in [0.29, 0.717) is 11.0 Å². The molecule has 4 nitrogen and oxygen atoms in total. The van der Waals surface area contributed by atoms with E-state index in [1.54, 1.807) is 0 Å². The Labute approximate surface area is 68.2 Å². The molecule has 4 heteroatoms. The third kappa shape index (κ3) is 0.845. The zero-order chi connectivity index (χ0) is 8.72. The van der Waals surface area contributed by atoms with Crippen molar-refractivity contribution in [2.24, 2.45) is 0 Å². The fraction of sp³-hybridized carbons (Fsp3) is 0.250. The minimum atomic E-state index is -0.352. The molecule has 0 radical (unpaired) electrons. The smallest absolute Gasteiger partial charge is 0.336 e. The number of aromatic nitrogens is 2. The Morgan fingerprint density at radius 3 is 3.00 bits per heavy atom. The van der Waals surface area contributed by atoms with Gasteiger partial charge in [-0.1, -0.05) is 0 Å². The van der Waals surface area contributed by atoms with Crippen LogP contribution in [0.4, 0.5) is 0 Å². The highest BCUT2D eigenvalue weighted by Crippen LogP contribution is 2.11. The van der Waals surface area contributed by atoms with Crippen LogP contribution in [0.5, 0.6) is 0 Å². The van der Waals surface area contributed by atoms with Gasteiger partial charge < -0.3 is 4.52 Å². The van der Waals surface area contributed by atoms with Crippen LogP contribution in [0.15, 0.2) is 15.4 Å². The fourth-order valence-electron chi connectivity index (χ4n) is 1.31. The van der Waals surface area contributed by atoms with E-state index in [4.69, 9.17) is 0 Å². The molecular weight excluding hydrogens is 156 g/mol. The molecule has 62 valence electrons. The van der Waals surface area contributed by atoms with Crippen LogP contribution in [0.2, 0.25) is 0 Å². The van der Waals surface area contributed by atoms with Crippen molar-refractivity contribution in [1.29, 1.82) is 0 Å². The van der Waals surface area contributed by atoms with E-state index in [1.165, 1.54) is 0 Å². The second-order valence-corrected chi connectivity index (χ2v) is 2.80. The summed E-state index contributed by atoms with van der Waals surface area (Å²) in [7, 11) is 0. The van der Waals surface area contributed by atoms with Gasteiger partial charge in [-0.15, -0.1) is 0 Å². The molecule has 0 amide bonds. The van der Waals surface area contributed by atoms with Gasteiger partial charge in [0, 0.05) is 5.69 Å². The van der Waals surface area contributed by atoms with Crippen molar-refractivity contribution < 1.29 is 4.52 Å². The third-order valence-electron chi connectivity index (χ3n) is 1.79. The van der Waals surface area contributed by atoms with E-state index >= 15 is 0 Å². The maximum atomic E-state index is 11.1. The third-order valence-corrected chi connectivity index (χ3v) is 1.79. The van der Waals surface area contributed by atoms with Crippen molar-refractivity contribution in [3.05, 3.63) is 27.7 Å². The Kier molecular flexibility index (Phi) is 1.30. The van der Waals surface area contributed by atoms with Crippen molar-refractivity contribution in [3.63, 3.8) is 0 Å². The summed E-state index contributed by atoms with van der Waals surface area (Å²) >= 11 is 0. The predicted molar refractivity (Wildman–Crippen MR) is 44.1 cm³/mol. The lowest BCUT2D eigenvalue weighted by molar-refractivity contribution is 0.398. The molecule has 2 rings (SSSR count). The summed E-state index contributed by atoms with van der Waals surface area (Å²) in [6, 6.07) is 1.85. The molecule has 0 saturated heterocycles. The summed E-state index contributed by atoms with van der Waals surface area (Å²) in [6.07, 6.45) is 0. The average Bonchev–Trinajstić information content (AvgIpc) is 2.31. The van der Waals surface area contributed by atoms with Crippen molar-refractivity contribution >= 4 is 11.0 Å². The first-order chi connectivity index (χ1) is 5.68. The predicted octanol–water partition coefficient (Wildman–Crippen LogP) is 1.13. The van der Waals surface area contributed by atoms with Crippen molar-refractivity contribution in [1.82, 2.24) is 10.1 Å². The van der Waals surface area contributed by atoms with E-state index < -0.39 is 0 Å². The lowest BCUT2D eigenvalue weighted by atomic mass is 10.2. The molecular formula is C8H8N2O2. The maximum Gasteiger partial charge on any atom is 0.367 e. The van der Waals surface area contributed by atoms with Crippen molar-refractivity contribution in [2.45, 2.75) is 13.8 Å². The molecule has 0 aliphatic rings. The average molecular weight is 164 g/mol. The van der Waals surface area contributed by atoms with E-state index in [0.717, 1.165) is 11.3 Å². The van der Waals surface area contributed by atoms with Gasteiger partial charge in [0.25, 0.3) is 0 Å². The van der Waals surface area contributed by atoms with Crippen molar-refractivity contribution in [3.8, 4) is 0 Å². The summed E-state index contributed by atoms with van der Waals surface area (Å²) in [5, 5.41) is 3.01. The standard InChI is InChI=1S/C8H8N2O2/c1-4-3-5(2)9-7-6(4)8(11)12-10-7/h3H,1-2H3,(H,9,10). The first kappa shape index (κ1) is 7.09. The first-order valence-electron chi connectivity index (χ1n) is 3.64. The molecule has 0 fully saturated rings. The SMILES string of the molecule is Cc1cc(C)c2c(=O)o[nH]c2n1. The molecule has 0 unspecified atom stereocenters. The van der Waals surface area contributed by atoms with Crippen LogP contribution < -0.4 is 5.63 Å². The number of hydrogen-bond donors (Lipinski definition) is 1. The summed E-state index contributed by atoms with van der Waals surface area (Å²) < 4.78 is 4.61. The van der Waals surface area contributed by atoms with Crippen LogP contribution in [-0.4, -0.2) is 10.1 Å². The maximum absolute atomic E-state index is 11.1. The molecule has 0 aromatic carbocycles. The van der Waals surface area contributed by atoms with Crippen LogP contribution in [0.3, 0.4) is 0 Å². The number of rotatable bonds is 0. The molecule has 1 N–H and O–H groups in total. The normalized spacial score (nSPS) is 10.8. The van der Waals surface area contributed by atoms with Gasteiger partial charge in [-0.05, 0) is 25.5 Å². The molecule has 0 saturated carbocycles. The highest BCUT2D eigenvalue weighted by molar-refractivity contribution is 5.76. The van der Waals surface area contributed by atoms with Gasteiger partial charge in [0.2, 0.25) is 0 Å². The van der Waals surface area contributed by atoms with Gasteiger partial charge in [0.1, 0.15) is 5.39 Å². The topological polar surface area (TPSA) is 58.9 Å². The minimum Gasteiger partial charge on any atom is -0.336 e. The molecule has 0 aliphatic heterocycles. The van der Waals surface area contributed by atoms with E-state index in [-0.39, 0.29) is 5.63 Å². The van der Waals surface area contributed by atoms with Crippen LogP contribution in [0.25, 0.3) is 11.0 Å². The summed E-state index contributed by atoms with van der Waals surface area (Å²) in [4.78, 5) is 15.2. The van der Waals surface area contributed by atoms with Gasteiger partial charge in [-0.25, -0.2) is 9.78 Å². The summed E-state index contributed by atoms with van der Waals surface area (Å²) in [6.45, 7) is 3.74. The Hall–Kier alpha value is -1.58. The number of hydrogen-bond acceptors (Lipinski definition) is 3. The first-order valence-corrected chi connectivity index (χ1v) is 3.64. The minimum absolute atomic E-state index is 0.352. The Bertz CT molecular complexity index is 481. The van der Waals surface area contributed by atoms with Gasteiger partial charge in [-0.3, -0.25) is 0 Å². The second-order valence-electron chi connectivity index (χ2n) is 2.80. The van der Waals surface area contributed by atoms with E-state index in [9.17, 15) is 4.79 Å². The highest BCUT2D eigenvalue weighted by Gasteiger charge is 2.07. The van der Waals surface area contributed by atoms with Gasteiger partial charge in [-0.2, -0.15) is 5.16 Å². The molecule has 2 aromatic rings. The number of nitrogens with one attached hydrogen (secondary N) is 1. The molecule has 0 aliphatic carbocycles. The number of nitrogens with zero attached hydrogens (tertiary/aromatic N) is 1. The monoisotopic (exact) mass is 164 g/mol. The molecule has 2 heterocycles. The van der Waals surface area contributed by atoms with Gasteiger partial charge in [0.05, 0.1) is 0 Å². The number of H-pyrrole nitrogens is 1. The lowest BCUT2D eigenvalue weighted by Gasteiger charge is -1.93. The summed E-state index contributed by atoms with van der Waals surface area (Å²) in [5.74, 6) is 0. The second kappa shape index (κ2) is 2.20. The zero-order valence-corrected chi connectivity index (χ0v) is 6.84. The largest absolute Gasteiger partial charge is 0.367 e. The van der Waals surface area contributed by atoms with E-state index in [1.807, 2.05) is 19.9 Å². The number of fused-ring (bicyclic) bond motifs is 1. The van der Waals surface area contributed by atoms with Crippen LogP contribution in [0, 0.1) is 13.8 Å². The summed E-state index contributed by atoms with van der Waals surface area (Å²) in [5.41, 5.74) is 1.94. The number of aromatic amines is 1. The number of aryl methyl sites for hydroxylation is 2. The number of pyridine rings is 1. The zero-order valence-electron chi connectivity index (χ0n) is 6.84. The highest BCUT2D eigenvalue weighted by atomic mass is 16.5. The van der Waals surface area contributed by atoms with Gasteiger partial charge >= 0.3 is 5.63 Å². The molecule has 0 bridgehead atoms. The van der Waals surface area contributed by atoms with E-state index in [2.05, 4.69) is 14.7 Å². The molecule has 0 atom stereocenters. The molecule has 2 aromatic heterocycles. The quantitative estimate of drug-likeness (QED) is 0.635. The van der Waals surface area contributed by atoms with Gasteiger partial charge in [0.15, 0.2) is 5.65 Å². The van der Waals surface area contributed by atoms with Crippen LogP contribution >= 0.6 is 0 Å². The Morgan fingerprint density at radius 1 is 1.50 bits per heavy atom. The van der Waals surface area contributed by atoms with Crippen LogP contribution in [0.1, 0.15) is 11.3 Å². The molecule has 12 heavy (non-hydrogen) atoms. The van der Waals surface area contributed by atoms with Crippen LogP contribution in [-0.2, 0) is 0 Å². The Balaban J connectivity index is 3.03. The fourth-order valence-corrected chi connectivity index (χ4v) is 1.31. The Morgan fingerprint density at radius 2 is 2.25 bits per heavy atom. The lowest BCUT2D eigenvalue weighted by Crippen LogP contribution is -1.95. The molecule has 0 spiro atoms. The van der Waals surface area contributed by atoms with Crippen molar-refractivity contribution in [2.75, 3.05) is 0 Å².